The van der Waals surface area contributed by atoms with Crippen molar-refractivity contribution in [1.29, 1.82) is 0 Å². The van der Waals surface area contributed by atoms with Crippen molar-refractivity contribution >= 4 is 62.2 Å². The zero-order valence-corrected chi connectivity index (χ0v) is 25.0. The molecule has 1 aliphatic heterocycles. The smallest absolute Gasteiger partial charge is 0.494 e. The summed E-state index contributed by atoms with van der Waals surface area (Å²) >= 11 is 0. The van der Waals surface area contributed by atoms with Gasteiger partial charge in [-0.15, -0.1) is 0 Å². The Labute approximate surface area is 247 Å². The van der Waals surface area contributed by atoms with Gasteiger partial charge in [0.05, 0.1) is 18.3 Å². The van der Waals surface area contributed by atoms with Crippen LogP contribution in [0.25, 0.3) is 32.6 Å². The van der Waals surface area contributed by atoms with Gasteiger partial charge in [-0.3, -0.25) is 0 Å². The highest BCUT2D eigenvalue weighted by atomic mass is 16.7. The summed E-state index contributed by atoms with van der Waals surface area (Å²) in [7, 11) is 3.44. The third kappa shape index (κ3) is 4.25. The number of methoxy groups -OCH3 is 1. The second-order valence-corrected chi connectivity index (χ2v) is 12.2. The first-order valence-corrected chi connectivity index (χ1v) is 14.5. The molecule has 0 aliphatic carbocycles. The summed E-state index contributed by atoms with van der Waals surface area (Å²) in [6.07, 6.45) is 0. The van der Waals surface area contributed by atoms with Gasteiger partial charge in [-0.2, -0.15) is 0 Å². The number of hydrogen-bond donors (Lipinski definition) is 0. The van der Waals surface area contributed by atoms with E-state index in [-0.39, 0.29) is 18.3 Å². The molecule has 0 unspecified atom stereocenters. The van der Waals surface area contributed by atoms with Crippen LogP contribution in [0.1, 0.15) is 27.7 Å². The lowest BCUT2D eigenvalue weighted by atomic mass is 9.78. The number of aromatic nitrogens is 1. The van der Waals surface area contributed by atoms with E-state index in [1.54, 1.807) is 7.11 Å². The van der Waals surface area contributed by atoms with Crippen LogP contribution in [0.2, 0.25) is 0 Å². The molecule has 6 heteroatoms. The first-order chi connectivity index (χ1) is 20.1. The van der Waals surface area contributed by atoms with Gasteiger partial charge in [-0.1, -0.05) is 42.5 Å². The minimum absolute atomic E-state index is 0.374. The Hall–Kier alpha value is -4.26. The van der Waals surface area contributed by atoms with E-state index >= 15 is 0 Å². The van der Waals surface area contributed by atoms with Crippen molar-refractivity contribution in [2.75, 3.05) is 12.0 Å². The molecule has 0 spiro atoms. The normalized spacial score (nSPS) is 16.0. The fraction of sp³-hybridized carbons (Fsp3) is 0.222. The van der Waals surface area contributed by atoms with Gasteiger partial charge < -0.3 is 23.5 Å². The third-order valence-electron chi connectivity index (χ3n) is 9.12. The molecule has 0 radical (unpaired) electrons. The SMILES string of the molecule is COc1ccc(N(c2ccc3cc(B4OC(C)(C)C(C)(C)O4)ccc3c2)c2ccc3c(c2)c2ccccc2n3C)cc1. The summed E-state index contributed by atoms with van der Waals surface area (Å²) in [5.74, 6) is 0.831. The Kier molecular flexibility index (Phi) is 6.12. The van der Waals surface area contributed by atoms with Crippen molar-refractivity contribution in [2.24, 2.45) is 7.05 Å². The molecule has 0 bridgehead atoms. The molecule has 1 saturated heterocycles. The number of fused-ring (bicyclic) bond motifs is 4. The van der Waals surface area contributed by atoms with Crippen LogP contribution >= 0.6 is 0 Å². The van der Waals surface area contributed by atoms with Gasteiger partial charge in [0.1, 0.15) is 5.75 Å². The number of benzene rings is 5. The molecule has 6 aromatic rings. The number of aryl methyl sites for hydroxylation is 1. The second-order valence-electron chi connectivity index (χ2n) is 12.2. The quantitative estimate of drug-likeness (QED) is 0.201. The van der Waals surface area contributed by atoms with Crippen LogP contribution in [0.3, 0.4) is 0 Å². The average molecular weight is 554 g/mol. The van der Waals surface area contributed by atoms with Crippen molar-refractivity contribution in [3.05, 3.63) is 103 Å². The molecule has 0 atom stereocenters. The van der Waals surface area contributed by atoms with E-state index in [9.17, 15) is 0 Å². The summed E-state index contributed by atoms with van der Waals surface area (Å²) in [5.41, 5.74) is 5.95. The fourth-order valence-corrected chi connectivity index (χ4v) is 5.99. The van der Waals surface area contributed by atoms with Crippen molar-refractivity contribution in [3.63, 3.8) is 0 Å². The molecule has 1 fully saturated rings. The predicted molar refractivity (Wildman–Crippen MR) is 175 cm³/mol. The van der Waals surface area contributed by atoms with Crippen molar-refractivity contribution in [1.82, 2.24) is 4.57 Å². The molecule has 210 valence electrons. The minimum Gasteiger partial charge on any atom is -0.497 e. The molecular weight excluding hydrogens is 519 g/mol. The van der Waals surface area contributed by atoms with E-state index in [0.717, 1.165) is 39.0 Å². The van der Waals surface area contributed by atoms with Crippen molar-refractivity contribution < 1.29 is 14.0 Å². The molecule has 0 N–H and O–H groups in total. The molecule has 1 aromatic heterocycles. The van der Waals surface area contributed by atoms with Gasteiger partial charge in [0.15, 0.2) is 0 Å². The highest BCUT2D eigenvalue weighted by Crippen LogP contribution is 2.40. The van der Waals surface area contributed by atoms with E-state index in [1.165, 1.54) is 21.8 Å². The number of para-hydroxylation sites is 1. The lowest BCUT2D eigenvalue weighted by molar-refractivity contribution is 0.00578. The Morgan fingerprint density at radius 3 is 1.98 bits per heavy atom. The molecule has 5 aromatic carbocycles. The Bertz CT molecular complexity index is 1940. The summed E-state index contributed by atoms with van der Waals surface area (Å²) in [5, 5.41) is 4.78. The highest BCUT2D eigenvalue weighted by molar-refractivity contribution is 6.62. The molecule has 7 rings (SSSR count). The van der Waals surface area contributed by atoms with Crippen LogP contribution in [0, 0.1) is 0 Å². The predicted octanol–water partition coefficient (Wildman–Crippen LogP) is 8.26. The molecule has 0 saturated carbocycles. The van der Waals surface area contributed by atoms with Gasteiger partial charge >= 0.3 is 7.12 Å². The lowest BCUT2D eigenvalue weighted by Gasteiger charge is -2.32. The van der Waals surface area contributed by atoms with Crippen LogP contribution in [0.4, 0.5) is 17.1 Å². The first-order valence-electron chi connectivity index (χ1n) is 14.5. The lowest BCUT2D eigenvalue weighted by Crippen LogP contribution is -2.41. The van der Waals surface area contributed by atoms with Crippen molar-refractivity contribution in [3.8, 4) is 5.75 Å². The van der Waals surface area contributed by atoms with Gasteiger partial charge in [0.25, 0.3) is 0 Å². The molecule has 0 amide bonds. The minimum atomic E-state index is -0.387. The number of nitrogens with zero attached hydrogens (tertiary/aromatic N) is 2. The molecular formula is C36H35BN2O3. The van der Waals surface area contributed by atoms with E-state index in [4.69, 9.17) is 14.0 Å². The maximum atomic E-state index is 6.32. The zero-order valence-electron chi connectivity index (χ0n) is 25.0. The molecule has 2 heterocycles. The topological polar surface area (TPSA) is 35.9 Å². The average Bonchev–Trinajstić information content (AvgIpc) is 3.40. The first kappa shape index (κ1) is 26.6. The molecule has 5 nitrogen and oxygen atoms in total. The number of rotatable bonds is 5. The largest absolute Gasteiger partial charge is 0.497 e. The van der Waals surface area contributed by atoms with Gasteiger partial charge in [0.2, 0.25) is 0 Å². The Balaban J connectivity index is 1.33. The van der Waals surface area contributed by atoms with E-state index in [2.05, 4.69) is 135 Å². The van der Waals surface area contributed by atoms with Crippen LogP contribution in [-0.4, -0.2) is 30.0 Å². The van der Waals surface area contributed by atoms with E-state index in [0.29, 0.717) is 0 Å². The number of ether oxygens (including phenoxy) is 1. The summed E-state index contributed by atoms with van der Waals surface area (Å²) in [4.78, 5) is 2.31. The van der Waals surface area contributed by atoms with Crippen LogP contribution in [-0.2, 0) is 16.4 Å². The van der Waals surface area contributed by atoms with Crippen LogP contribution in [0.5, 0.6) is 5.75 Å². The molecule has 1 aliphatic rings. The third-order valence-corrected chi connectivity index (χ3v) is 9.12. The summed E-state index contributed by atoms with van der Waals surface area (Å²) in [6, 6.07) is 36.6. The zero-order chi connectivity index (χ0) is 29.2. The summed E-state index contributed by atoms with van der Waals surface area (Å²) < 4.78 is 20.4. The molecule has 42 heavy (non-hydrogen) atoms. The monoisotopic (exact) mass is 554 g/mol. The van der Waals surface area contributed by atoms with Crippen LogP contribution in [0.15, 0.2) is 103 Å². The van der Waals surface area contributed by atoms with E-state index < -0.39 is 0 Å². The number of anilines is 3. The van der Waals surface area contributed by atoms with Crippen molar-refractivity contribution in [2.45, 2.75) is 38.9 Å². The maximum absolute atomic E-state index is 6.32. The van der Waals surface area contributed by atoms with Crippen LogP contribution < -0.4 is 15.1 Å². The Morgan fingerprint density at radius 1 is 0.643 bits per heavy atom. The van der Waals surface area contributed by atoms with Gasteiger partial charge in [-0.25, -0.2) is 0 Å². The second kappa shape index (κ2) is 9.65. The standard InChI is InChI=1S/C36H35BN2O3/c1-35(2)36(3,4)42-37(41-35)26-13-11-25-22-28(14-12-24(25)21-26)39(27-15-18-30(40-6)19-16-27)29-17-20-34-32(23-29)31-9-7-8-10-33(31)38(34)5/h7-23H,1-6H3. The maximum Gasteiger partial charge on any atom is 0.494 e. The number of hydrogen-bond acceptors (Lipinski definition) is 4. The highest BCUT2D eigenvalue weighted by Gasteiger charge is 2.51. The fourth-order valence-electron chi connectivity index (χ4n) is 5.99. The van der Waals surface area contributed by atoms with E-state index in [1.807, 2.05) is 12.1 Å². The van der Waals surface area contributed by atoms with Gasteiger partial charge in [0, 0.05) is 45.9 Å². The summed E-state index contributed by atoms with van der Waals surface area (Å²) in [6.45, 7) is 8.35. The Morgan fingerprint density at radius 2 is 1.24 bits per heavy atom. The van der Waals surface area contributed by atoms with Gasteiger partial charge in [-0.05, 0) is 105 Å².